The minimum atomic E-state index is -0.566. The number of benzene rings is 3. The smallest absolute Gasteiger partial charge is 0.267 e. The van der Waals surface area contributed by atoms with Crippen LogP contribution in [0.25, 0.3) is 10.8 Å². The van der Waals surface area contributed by atoms with E-state index in [0.717, 1.165) is 16.3 Å². The normalized spacial score (nSPS) is 11.5. The van der Waals surface area contributed by atoms with Gasteiger partial charge in [-0.3, -0.25) is 4.79 Å². The van der Waals surface area contributed by atoms with E-state index >= 15 is 0 Å². The highest BCUT2D eigenvalue weighted by Crippen LogP contribution is 2.16. The van der Waals surface area contributed by atoms with Crippen LogP contribution in [0.4, 0.5) is 4.39 Å². The molecular weight excluding hydrogens is 291 g/mol. The molecule has 0 fully saturated rings. The molecule has 3 rings (SSSR count). The van der Waals surface area contributed by atoms with Crippen molar-refractivity contribution in [2.75, 3.05) is 0 Å². The first-order chi connectivity index (χ1) is 11.1. The second-order valence-corrected chi connectivity index (χ2v) is 5.18. The Hall–Kier alpha value is -3.01. The number of carbonyl (C=O) groups is 1. The van der Waals surface area contributed by atoms with Gasteiger partial charge in [-0.15, -0.1) is 0 Å². The van der Waals surface area contributed by atoms with Crippen molar-refractivity contribution >= 4 is 22.4 Å². The van der Waals surface area contributed by atoms with E-state index in [2.05, 4.69) is 10.5 Å². The van der Waals surface area contributed by atoms with Crippen LogP contribution in [-0.4, -0.2) is 11.6 Å². The summed E-state index contributed by atoms with van der Waals surface area (Å²) in [6.45, 7) is 1.80. The van der Waals surface area contributed by atoms with Gasteiger partial charge < -0.3 is 0 Å². The van der Waals surface area contributed by atoms with Crippen molar-refractivity contribution in [2.24, 2.45) is 5.10 Å². The second kappa shape index (κ2) is 6.40. The molecular formula is C19H15FN2O. The van der Waals surface area contributed by atoms with Gasteiger partial charge in [-0.2, -0.15) is 5.10 Å². The monoisotopic (exact) mass is 306 g/mol. The van der Waals surface area contributed by atoms with E-state index in [0.29, 0.717) is 5.71 Å². The summed E-state index contributed by atoms with van der Waals surface area (Å²) in [5.41, 5.74) is 3.92. The van der Waals surface area contributed by atoms with Crippen molar-refractivity contribution in [3.05, 3.63) is 83.7 Å². The Labute approximate surface area is 133 Å². The van der Waals surface area contributed by atoms with E-state index in [9.17, 15) is 9.18 Å². The van der Waals surface area contributed by atoms with E-state index < -0.39 is 11.7 Å². The van der Waals surface area contributed by atoms with Crippen LogP contribution in [-0.2, 0) is 0 Å². The van der Waals surface area contributed by atoms with E-state index in [4.69, 9.17) is 0 Å². The zero-order chi connectivity index (χ0) is 16.2. The third-order valence-electron chi connectivity index (χ3n) is 3.61. The number of hydrogen-bond acceptors (Lipinski definition) is 2. The van der Waals surface area contributed by atoms with Gasteiger partial charge in [-0.25, -0.2) is 9.82 Å². The Balaban J connectivity index is 1.81. The van der Waals surface area contributed by atoms with Crippen molar-refractivity contribution in [3.63, 3.8) is 0 Å². The van der Waals surface area contributed by atoms with Gasteiger partial charge in [0.15, 0.2) is 0 Å². The Bertz CT molecular complexity index is 903. The van der Waals surface area contributed by atoms with Crippen molar-refractivity contribution in [1.82, 2.24) is 5.43 Å². The minimum Gasteiger partial charge on any atom is -0.267 e. The fourth-order valence-electron chi connectivity index (χ4n) is 2.32. The molecule has 0 unspecified atom stereocenters. The zero-order valence-electron chi connectivity index (χ0n) is 12.6. The highest BCUT2D eigenvalue weighted by Gasteiger charge is 2.10. The molecule has 0 radical (unpaired) electrons. The van der Waals surface area contributed by atoms with Gasteiger partial charge in [0, 0.05) is 0 Å². The summed E-state index contributed by atoms with van der Waals surface area (Å²) in [5.74, 6) is -1.13. The minimum absolute atomic E-state index is 0.0254. The Kier molecular flexibility index (Phi) is 4.15. The Morgan fingerprint density at radius 3 is 2.43 bits per heavy atom. The molecule has 0 aliphatic heterocycles. The van der Waals surface area contributed by atoms with Crippen molar-refractivity contribution in [1.29, 1.82) is 0 Å². The number of nitrogens with zero attached hydrogens (tertiary/aromatic N) is 1. The molecule has 0 spiro atoms. The number of hydrogen-bond donors (Lipinski definition) is 1. The zero-order valence-corrected chi connectivity index (χ0v) is 12.6. The van der Waals surface area contributed by atoms with E-state index in [1.54, 1.807) is 13.0 Å². The summed E-state index contributed by atoms with van der Waals surface area (Å²) in [5, 5.41) is 6.30. The number of amides is 1. The van der Waals surface area contributed by atoms with E-state index in [1.165, 1.54) is 18.2 Å². The molecule has 3 aromatic rings. The molecule has 4 heteroatoms. The molecule has 1 N–H and O–H groups in total. The Morgan fingerprint density at radius 1 is 0.957 bits per heavy atom. The largest absolute Gasteiger partial charge is 0.274 e. The summed E-state index contributed by atoms with van der Waals surface area (Å²) in [7, 11) is 0. The number of rotatable bonds is 3. The predicted molar refractivity (Wildman–Crippen MR) is 90.0 cm³/mol. The van der Waals surface area contributed by atoms with Gasteiger partial charge >= 0.3 is 0 Å². The maximum atomic E-state index is 13.6. The number of halogens is 1. The highest BCUT2D eigenvalue weighted by molar-refractivity contribution is 6.03. The fourth-order valence-corrected chi connectivity index (χ4v) is 2.32. The van der Waals surface area contributed by atoms with Gasteiger partial charge in [0.1, 0.15) is 5.82 Å². The van der Waals surface area contributed by atoms with Crippen molar-refractivity contribution < 1.29 is 9.18 Å². The summed E-state index contributed by atoms with van der Waals surface area (Å²) in [6.07, 6.45) is 0. The average Bonchev–Trinajstić information content (AvgIpc) is 2.59. The molecule has 3 aromatic carbocycles. The third kappa shape index (κ3) is 3.26. The van der Waals surface area contributed by atoms with Crippen LogP contribution in [0.3, 0.4) is 0 Å². The molecule has 0 bridgehead atoms. The molecule has 0 aromatic heterocycles. The second-order valence-electron chi connectivity index (χ2n) is 5.18. The van der Waals surface area contributed by atoms with Crippen LogP contribution in [0.2, 0.25) is 0 Å². The van der Waals surface area contributed by atoms with Crippen molar-refractivity contribution in [3.8, 4) is 0 Å². The molecule has 0 saturated carbocycles. The lowest BCUT2D eigenvalue weighted by Crippen LogP contribution is -2.20. The number of hydrazone groups is 1. The molecule has 23 heavy (non-hydrogen) atoms. The average molecular weight is 306 g/mol. The van der Waals surface area contributed by atoms with Gasteiger partial charge in [0.25, 0.3) is 5.91 Å². The highest BCUT2D eigenvalue weighted by atomic mass is 19.1. The predicted octanol–water partition coefficient (Wildman–Crippen LogP) is 4.13. The maximum Gasteiger partial charge on any atom is 0.274 e. The molecule has 0 heterocycles. The SMILES string of the molecule is C/C(=N/NC(=O)c1ccccc1F)c1ccc2ccccc2c1. The molecule has 0 aliphatic rings. The number of carbonyl (C=O) groups excluding carboxylic acids is 1. The van der Waals surface area contributed by atoms with Gasteiger partial charge in [-0.1, -0.05) is 48.5 Å². The molecule has 1 amide bonds. The third-order valence-corrected chi connectivity index (χ3v) is 3.61. The van der Waals surface area contributed by atoms with Crippen LogP contribution < -0.4 is 5.43 Å². The lowest BCUT2D eigenvalue weighted by atomic mass is 10.0. The van der Waals surface area contributed by atoms with Gasteiger partial charge in [0.05, 0.1) is 11.3 Å². The lowest BCUT2D eigenvalue weighted by Gasteiger charge is -2.05. The number of nitrogens with one attached hydrogen (secondary N) is 1. The fraction of sp³-hybridized carbons (Fsp3) is 0.0526. The lowest BCUT2D eigenvalue weighted by molar-refractivity contribution is 0.0951. The molecule has 3 nitrogen and oxygen atoms in total. The quantitative estimate of drug-likeness (QED) is 0.573. The first-order valence-corrected chi connectivity index (χ1v) is 7.23. The first kappa shape index (κ1) is 14.9. The Morgan fingerprint density at radius 2 is 1.65 bits per heavy atom. The molecule has 114 valence electrons. The van der Waals surface area contributed by atoms with Gasteiger partial charge in [-0.05, 0) is 41.5 Å². The summed E-state index contributed by atoms with van der Waals surface area (Å²) in [6, 6.07) is 19.8. The van der Waals surface area contributed by atoms with Crippen LogP contribution in [0.15, 0.2) is 71.8 Å². The van der Waals surface area contributed by atoms with Crippen molar-refractivity contribution in [2.45, 2.75) is 6.92 Å². The van der Waals surface area contributed by atoms with Gasteiger partial charge in [0.2, 0.25) is 0 Å². The molecule has 0 aliphatic carbocycles. The van der Waals surface area contributed by atoms with Crippen LogP contribution in [0.5, 0.6) is 0 Å². The number of fused-ring (bicyclic) bond motifs is 1. The van der Waals surface area contributed by atoms with Crippen LogP contribution in [0, 0.1) is 5.82 Å². The first-order valence-electron chi connectivity index (χ1n) is 7.23. The van der Waals surface area contributed by atoms with E-state index in [1.807, 2.05) is 42.5 Å². The molecule has 0 atom stereocenters. The topological polar surface area (TPSA) is 41.5 Å². The van der Waals surface area contributed by atoms with E-state index in [-0.39, 0.29) is 5.56 Å². The maximum absolute atomic E-state index is 13.6. The summed E-state index contributed by atoms with van der Waals surface area (Å²) < 4.78 is 13.6. The standard InChI is InChI=1S/C19H15FN2O/c1-13(15-11-10-14-6-2-3-7-16(14)12-15)21-22-19(23)17-8-4-5-9-18(17)20/h2-12H,1H3,(H,22,23)/b21-13-. The van der Waals surface area contributed by atoms with Crippen LogP contribution >= 0.6 is 0 Å². The molecule has 0 saturated heterocycles. The summed E-state index contributed by atoms with van der Waals surface area (Å²) in [4.78, 5) is 12.0. The summed E-state index contributed by atoms with van der Waals surface area (Å²) >= 11 is 0. The van der Waals surface area contributed by atoms with Crippen LogP contribution in [0.1, 0.15) is 22.8 Å².